The summed E-state index contributed by atoms with van der Waals surface area (Å²) in [4.78, 5) is 12.7. The summed E-state index contributed by atoms with van der Waals surface area (Å²) in [5.41, 5.74) is 0. The maximum atomic E-state index is 10.9. The SMILES string of the molecule is C=CC(=O)N1CC[N-]CC1.[Y+3]. The zero-order valence-electron chi connectivity index (χ0n) is 6.49. The van der Waals surface area contributed by atoms with E-state index in [0.29, 0.717) is 0 Å². The third-order valence-electron chi connectivity index (χ3n) is 1.54. The van der Waals surface area contributed by atoms with Gasteiger partial charge in [-0.05, 0) is 6.08 Å². The number of carbonyl (C=O) groups is 1. The first-order valence-electron chi connectivity index (χ1n) is 3.39. The minimum atomic E-state index is 0. The molecule has 1 amide bonds. The molecular formula is C7H11N2OY+2. The van der Waals surface area contributed by atoms with Crippen molar-refractivity contribution in [1.29, 1.82) is 0 Å². The van der Waals surface area contributed by atoms with Crippen molar-refractivity contribution in [2.45, 2.75) is 0 Å². The van der Waals surface area contributed by atoms with Gasteiger partial charge in [0.2, 0.25) is 5.91 Å². The van der Waals surface area contributed by atoms with E-state index in [9.17, 15) is 4.79 Å². The van der Waals surface area contributed by atoms with Crippen molar-refractivity contribution in [3.63, 3.8) is 0 Å². The van der Waals surface area contributed by atoms with Crippen molar-refractivity contribution in [2.75, 3.05) is 26.2 Å². The smallest absolute Gasteiger partial charge is 0.659 e. The van der Waals surface area contributed by atoms with E-state index < -0.39 is 0 Å². The second-order valence-corrected chi connectivity index (χ2v) is 2.20. The molecule has 0 aliphatic carbocycles. The molecule has 0 atom stereocenters. The molecule has 1 rings (SSSR count). The van der Waals surface area contributed by atoms with Crippen molar-refractivity contribution in [3.05, 3.63) is 18.0 Å². The number of carbonyl (C=O) groups excluding carboxylic acids is 1. The van der Waals surface area contributed by atoms with Crippen LogP contribution in [-0.2, 0) is 37.5 Å². The summed E-state index contributed by atoms with van der Waals surface area (Å²) in [6.07, 6.45) is 1.35. The number of nitrogens with zero attached hydrogens (tertiary/aromatic N) is 2. The second kappa shape index (κ2) is 5.87. The first-order chi connectivity index (χ1) is 4.84. The van der Waals surface area contributed by atoms with Gasteiger partial charge in [0.05, 0.1) is 0 Å². The molecule has 0 radical (unpaired) electrons. The average molecular weight is 228 g/mol. The van der Waals surface area contributed by atoms with E-state index in [-0.39, 0.29) is 38.6 Å². The normalized spacial score (nSPS) is 16.9. The maximum Gasteiger partial charge on any atom is 3.00 e. The van der Waals surface area contributed by atoms with E-state index in [1.54, 1.807) is 4.90 Å². The van der Waals surface area contributed by atoms with Gasteiger partial charge in [0, 0.05) is 13.1 Å². The van der Waals surface area contributed by atoms with Crippen LogP contribution in [0.15, 0.2) is 12.7 Å². The van der Waals surface area contributed by atoms with Crippen LogP contribution in [0, 0.1) is 0 Å². The van der Waals surface area contributed by atoms with Gasteiger partial charge < -0.3 is 10.2 Å². The fourth-order valence-corrected chi connectivity index (χ4v) is 0.956. The number of piperazine rings is 1. The van der Waals surface area contributed by atoms with Crippen molar-refractivity contribution in [1.82, 2.24) is 4.90 Å². The average Bonchev–Trinajstić information content (AvgIpc) is 2.05. The van der Waals surface area contributed by atoms with Crippen LogP contribution in [0.4, 0.5) is 0 Å². The van der Waals surface area contributed by atoms with Crippen molar-refractivity contribution < 1.29 is 37.5 Å². The summed E-state index contributed by atoms with van der Waals surface area (Å²) in [5.74, 6) is 0.0231. The summed E-state index contributed by atoms with van der Waals surface area (Å²) in [6, 6.07) is 0. The fourth-order valence-electron chi connectivity index (χ4n) is 0.956. The van der Waals surface area contributed by atoms with Crippen molar-refractivity contribution in [3.8, 4) is 0 Å². The summed E-state index contributed by atoms with van der Waals surface area (Å²) < 4.78 is 0. The molecule has 0 aromatic rings. The van der Waals surface area contributed by atoms with Gasteiger partial charge in [-0.25, -0.2) is 0 Å². The predicted molar refractivity (Wildman–Crippen MR) is 39.9 cm³/mol. The minimum Gasteiger partial charge on any atom is -0.659 e. The Labute approximate surface area is 92.1 Å². The van der Waals surface area contributed by atoms with Gasteiger partial charge in [0.15, 0.2) is 0 Å². The van der Waals surface area contributed by atoms with Crippen LogP contribution < -0.4 is 0 Å². The quantitative estimate of drug-likeness (QED) is 0.597. The second-order valence-electron chi connectivity index (χ2n) is 2.20. The molecule has 11 heavy (non-hydrogen) atoms. The molecule has 4 heteroatoms. The van der Waals surface area contributed by atoms with Gasteiger partial charge in [-0.3, -0.25) is 4.79 Å². The molecule has 0 unspecified atom stereocenters. The summed E-state index contributed by atoms with van der Waals surface area (Å²) >= 11 is 0. The molecule has 0 aromatic heterocycles. The van der Waals surface area contributed by atoms with Gasteiger partial charge in [-0.2, -0.15) is 0 Å². The van der Waals surface area contributed by atoms with Gasteiger partial charge in [-0.1, -0.05) is 6.58 Å². The van der Waals surface area contributed by atoms with E-state index in [2.05, 4.69) is 11.9 Å². The maximum absolute atomic E-state index is 10.9. The first-order valence-corrected chi connectivity index (χ1v) is 3.39. The molecule has 3 nitrogen and oxygen atoms in total. The Morgan fingerprint density at radius 3 is 2.45 bits per heavy atom. The Bertz CT molecular complexity index is 143. The Morgan fingerprint density at radius 2 is 2.00 bits per heavy atom. The molecule has 1 saturated heterocycles. The molecule has 1 heterocycles. The molecule has 56 valence electrons. The predicted octanol–water partition coefficient (Wildman–Crippen LogP) is 0.386. The molecule has 0 bridgehead atoms. The van der Waals surface area contributed by atoms with Crippen LogP contribution in [-0.4, -0.2) is 37.0 Å². The molecule has 1 aliphatic heterocycles. The van der Waals surface area contributed by atoms with Gasteiger partial charge in [0.25, 0.3) is 0 Å². The Balaban J connectivity index is 0.000001000. The van der Waals surface area contributed by atoms with E-state index in [1.165, 1.54) is 6.08 Å². The number of hydrogen-bond donors (Lipinski definition) is 0. The topological polar surface area (TPSA) is 34.4 Å². The number of hydrogen-bond acceptors (Lipinski definition) is 1. The number of amides is 1. The third kappa shape index (κ3) is 3.45. The third-order valence-corrected chi connectivity index (χ3v) is 1.54. The molecule has 1 aliphatic rings. The van der Waals surface area contributed by atoms with E-state index in [0.717, 1.165) is 26.2 Å². The minimum absolute atomic E-state index is 0. The molecule has 0 N–H and O–H groups in total. The van der Waals surface area contributed by atoms with Crippen LogP contribution in [0.3, 0.4) is 0 Å². The molecule has 0 spiro atoms. The monoisotopic (exact) mass is 228 g/mol. The zero-order valence-corrected chi connectivity index (χ0v) is 9.33. The van der Waals surface area contributed by atoms with Crippen LogP contribution >= 0.6 is 0 Å². The molecule has 0 saturated carbocycles. The summed E-state index contributed by atoms with van der Waals surface area (Å²) in [6.45, 7) is 6.48. The molecular weight excluding hydrogens is 217 g/mol. The van der Waals surface area contributed by atoms with E-state index >= 15 is 0 Å². The van der Waals surface area contributed by atoms with Gasteiger partial charge in [0.1, 0.15) is 0 Å². The Kier molecular flexibility index (Phi) is 6.01. The van der Waals surface area contributed by atoms with Crippen LogP contribution in [0.5, 0.6) is 0 Å². The molecule has 0 aromatic carbocycles. The van der Waals surface area contributed by atoms with Crippen molar-refractivity contribution in [2.24, 2.45) is 0 Å². The first kappa shape index (κ1) is 11.3. The fraction of sp³-hybridized carbons (Fsp3) is 0.571. The summed E-state index contributed by atoms with van der Waals surface area (Å²) in [7, 11) is 0. The zero-order chi connectivity index (χ0) is 7.40. The van der Waals surface area contributed by atoms with Crippen LogP contribution in [0.1, 0.15) is 0 Å². The van der Waals surface area contributed by atoms with Crippen LogP contribution in [0.25, 0.3) is 5.32 Å². The van der Waals surface area contributed by atoms with E-state index in [4.69, 9.17) is 0 Å². The Morgan fingerprint density at radius 1 is 1.45 bits per heavy atom. The number of rotatable bonds is 1. The van der Waals surface area contributed by atoms with Crippen molar-refractivity contribution >= 4 is 5.91 Å². The van der Waals surface area contributed by atoms with E-state index in [1.807, 2.05) is 0 Å². The largest absolute Gasteiger partial charge is 3.00 e. The molecule has 1 fully saturated rings. The Hall–Kier alpha value is 0.274. The van der Waals surface area contributed by atoms with Gasteiger partial charge >= 0.3 is 32.7 Å². The van der Waals surface area contributed by atoms with Gasteiger partial charge in [-0.15, -0.1) is 13.1 Å². The standard InChI is InChI=1S/C7H11N2O.Y/c1-2-7(10)9-5-3-8-4-6-9;/h2H,1,3-6H2;/q-1;+3. The summed E-state index contributed by atoms with van der Waals surface area (Å²) in [5, 5.41) is 4.12. The van der Waals surface area contributed by atoms with Crippen LogP contribution in [0.2, 0.25) is 0 Å².